The molecule has 6 nitrogen and oxygen atoms in total. The molecule has 1 aromatic rings. The van der Waals surface area contributed by atoms with Crippen LogP contribution in [-0.4, -0.2) is 55.2 Å². The Labute approximate surface area is 121 Å². The van der Waals surface area contributed by atoms with Crippen LogP contribution in [0.4, 0.5) is 11.6 Å². The van der Waals surface area contributed by atoms with Crippen molar-refractivity contribution < 1.29 is 4.74 Å². The van der Waals surface area contributed by atoms with Gasteiger partial charge in [0, 0.05) is 32.3 Å². The van der Waals surface area contributed by atoms with Gasteiger partial charge in [-0.05, 0) is 27.4 Å². The van der Waals surface area contributed by atoms with E-state index in [2.05, 4.69) is 53.4 Å². The Kier molecular flexibility index (Phi) is 7.25. The molecule has 0 saturated carbocycles. The van der Waals surface area contributed by atoms with Crippen molar-refractivity contribution in [2.24, 2.45) is 0 Å². The van der Waals surface area contributed by atoms with Crippen molar-refractivity contribution in [3.05, 3.63) is 11.9 Å². The normalized spacial score (nSPS) is 12.5. The minimum atomic E-state index is 0.314. The molecule has 1 rings (SSSR count). The van der Waals surface area contributed by atoms with Crippen LogP contribution in [0.2, 0.25) is 0 Å². The number of hydrogen-bond acceptors (Lipinski definition) is 6. The second-order valence-electron chi connectivity index (χ2n) is 5.22. The van der Waals surface area contributed by atoms with Gasteiger partial charge in [-0.25, -0.2) is 9.97 Å². The summed E-state index contributed by atoms with van der Waals surface area (Å²) in [4.78, 5) is 11.0. The molecule has 1 heterocycles. The molecular weight excluding hydrogens is 254 g/mol. The van der Waals surface area contributed by atoms with Crippen molar-refractivity contribution in [3.8, 4) is 0 Å². The lowest BCUT2D eigenvalue weighted by molar-refractivity contribution is 0.178. The Morgan fingerprint density at radius 3 is 2.60 bits per heavy atom. The van der Waals surface area contributed by atoms with Gasteiger partial charge in [-0.3, -0.25) is 0 Å². The third-order valence-corrected chi connectivity index (χ3v) is 2.64. The standard InChI is InChI=1S/C14H27N5O/c1-6-7-15-12-8-13(16-11(2)9-19(3)4)18-14(17-12)10-20-5/h8,11H,6-7,9-10H2,1-5H3,(H2,15,16,17,18). The molecule has 0 aromatic carbocycles. The molecule has 0 amide bonds. The summed E-state index contributed by atoms with van der Waals surface area (Å²) < 4.78 is 5.12. The minimum Gasteiger partial charge on any atom is -0.377 e. The lowest BCUT2D eigenvalue weighted by atomic mass is 10.3. The Morgan fingerprint density at radius 1 is 1.30 bits per heavy atom. The maximum Gasteiger partial charge on any atom is 0.158 e. The number of likely N-dealkylation sites (N-methyl/N-ethyl adjacent to an activating group) is 1. The zero-order valence-electron chi connectivity index (χ0n) is 13.2. The first-order valence-corrected chi connectivity index (χ1v) is 7.07. The zero-order chi connectivity index (χ0) is 15.0. The van der Waals surface area contributed by atoms with Crippen LogP contribution in [0.5, 0.6) is 0 Å². The third-order valence-electron chi connectivity index (χ3n) is 2.64. The van der Waals surface area contributed by atoms with Crippen LogP contribution in [0.15, 0.2) is 6.07 Å². The van der Waals surface area contributed by atoms with E-state index in [1.807, 2.05) is 6.07 Å². The average molecular weight is 281 g/mol. The Morgan fingerprint density at radius 2 is 2.00 bits per heavy atom. The molecule has 114 valence electrons. The fraction of sp³-hybridized carbons (Fsp3) is 0.714. The second-order valence-corrected chi connectivity index (χ2v) is 5.22. The Bertz CT molecular complexity index is 397. The summed E-state index contributed by atoms with van der Waals surface area (Å²) in [7, 11) is 5.77. The molecule has 2 N–H and O–H groups in total. The predicted octanol–water partition coefficient (Wildman–Crippen LogP) is 1.81. The molecule has 0 radical (unpaired) electrons. The van der Waals surface area contributed by atoms with Gasteiger partial charge in [0.1, 0.15) is 18.2 Å². The van der Waals surface area contributed by atoms with Gasteiger partial charge in [-0.2, -0.15) is 0 Å². The summed E-state index contributed by atoms with van der Waals surface area (Å²) in [5.74, 6) is 2.36. The maximum absolute atomic E-state index is 5.12. The van der Waals surface area contributed by atoms with Gasteiger partial charge >= 0.3 is 0 Å². The molecule has 0 aliphatic carbocycles. The van der Waals surface area contributed by atoms with Gasteiger partial charge in [0.05, 0.1) is 0 Å². The van der Waals surface area contributed by atoms with Crippen molar-refractivity contribution in [2.75, 3.05) is 44.9 Å². The first-order valence-electron chi connectivity index (χ1n) is 7.07. The van der Waals surface area contributed by atoms with Crippen LogP contribution in [-0.2, 0) is 11.3 Å². The summed E-state index contributed by atoms with van der Waals surface area (Å²) in [5, 5.41) is 6.69. The summed E-state index contributed by atoms with van der Waals surface area (Å²) in [6.45, 7) is 6.52. The van der Waals surface area contributed by atoms with Crippen molar-refractivity contribution in [1.82, 2.24) is 14.9 Å². The summed E-state index contributed by atoms with van der Waals surface area (Å²) in [6, 6.07) is 2.26. The van der Waals surface area contributed by atoms with Crippen molar-refractivity contribution in [1.29, 1.82) is 0 Å². The molecule has 1 aromatic heterocycles. The van der Waals surface area contributed by atoms with E-state index in [4.69, 9.17) is 4.74 Å². The third kappa shape index (κ3) is 6.16. The number of nitrogens with one attached hydrogen (secondary N) is 2. The molecule has 6 heteroatoms. The molecule has 0 aliphatic heterocycles. The van der Waals surface area contributed by atoms with Gasteiger partial charge in [-0.1, -0.05) is 6.92 Å². The summed E-state index contributed by atoms with van der Waals surface area (Å²) in [5.41, 5.74) is 0. The molecule has 0 aliphatic rings. The van der Waals surface area contributed by atoms with Crippen LogP contribution in [0.1, 0.15) is 26.1 Å². The molecule has 0 saturated heterocycles. The van der Waals surface area contributed by atoms with Crippen LogP contribution in [0.3, 0.4) is 0 Å². The topological polar surface area (TPSA) is 62.3 Å². The SMILES string of the molecule is CCCNc1cc(NC(C)CN(C)C)nc(COC)n1. The van der Waals surface area contributed by atoms with E-state index in [0.29, 0.717) is 18.5 Å². The molecule has 0 fully saturated rings. The summed E-state index contributed by atoms with van der Waals surface area (Å²) >= 11 is 0. The van der Waals surface area contributed by atoms with E-state index in [0.717, 1.165) is 31.1 Å². The van der Waals surface area contributed by atoms with E-state index >= 15 is 0 Å². The van der Waals surface area contributed by atoms with Crippen molar-refractivity contribution in [2.45, 2.75) is 32.9 Å². The molecule has 0 bridgehead atoms. The second kappa shape index (κ2) is 8.71. The van der Waals surface area contributed by atoms with Crippen molar-refractivity contribution in [3.63, 3.8) is 0 Å². The largest absolute Gasteiger partial charge is 0.377 e. The van der Waals surface area contributed by atoms with Crippen LogP contribution in [0, 0.1) is 0 Å². The van der Waals surface area contributed by atoms with Crippen LogP contribution >= 0.6 is 0 Å². The van der Waals surface area contributed by atoms with Gasteiger partial charge in [0.2, 0.25) is 0 Å². The van der Waals surface area contributed by atoms with Gasteiger partial charge in [0.15, 0.2) is 5.82 Å². The van der Waals surface area contributed by atoms with E-state index in [-0.39, 0.29) is 0 Å². The fourth-order valence-corrected chi connectivity index (χ4v) is 1.95. The maximum atomic E-state index is 5.12. The number of rotatable bonds is 9. The van der Waals surface area contributed by atoms with E-state index in [1.165, 1.54) is 0 Å². The lowest BCUT2D eigenvalue weighted by Crippen LogP contribution is -2.30. The highest BCUT2D eigenvalue weighted by molar-refractivity contribution is 5.48. The highest BCUT2D eigenvalue weighted by Crippen LogP contribution is 2.13. The number of hydrogen-bond donors (Lipinski definition) is 2. The van der Waals surface area contributed by atoms with Gasteiger partial charge < -0.3 is 20.3 Å². The zero-order valence-corrected chi connectivity index (χ0v) is 13.2. The van der Waals surface area contributed by atoms with Gasteiger partial charge in [-0.15, -0.1) is 0 Å². The lowest BCUT2D eigenvalue weighted by Gasteiger charge is -2.19. The fourth-order valence-electron chi connectivity index (χ4n) is 1.95. The highest BCUT2D eigenvalue weighted by atomic mass is 16.5. The summed E-state index contributed by atoms with van der Waals surface area (Å²) in [6.07, 6.45) is 1.06. The van der Waals surface area contributed by atoms with Crippen LogP contribution < -0.4 is 10.6 Å². The molecule has 0 spiro atoms. The Balaban J connectivity index is 2.79. The quantitative estimate of drug-likeness (QED) is 0.720. The van der Waals surface area contributed by atoms with E-state index in [1.54, 1.807) is 7.11 Å². The van der Waals surface area contributed by atoms with E-state index in [9.17, 15) is 0 Å². The number of methoxy groups -OCH3 is 1. The smallest absolute Gasteiger partial charge is 0.158 e. The predicted molar refractivity (Wildman–Crippen MR) is 83.2 cm³/mol. The van der Waals surface area contributed by atoms with E-state index < -0.39 is 0 Å². The minimum absolute atomic E-state index is 0.314. The van der Waals surface area contributed by atoms with Crippen molar-refractivity contribution >= 4 is 11.6 Å². The Hall–Kier alpha value is -1.40. The number of ether oxygens (including phenoxy) is 1. The molecule has 1 unspecified atom stereocenters. The first kappa shape index (κ1) is 16.7. The number of aromatic nitrogens is 2. The number of anilines is 2. The molecule has 1 atom stereocenters. The monoisotopic (exact) mass is 281 g/mol. The molecule has 20 heavy (non-hydrogen) atoms. The average Bonchev–Trinajstić information content (AvgIpc) is 2.35. The molecular formula is C14H27N5O. The number of nitrogens with zero attached hydrogens (tertiary/aromatic N) is 3. The van der Waals surface area contributed by atoms with Gasteiger partial charge in [0.25, 0.3) is 0 Å². The first-order chi connectivity index (χ1) is 9.55. The highest BCUT2D eigenvalue weighted by Gasteiger charge is 2.08. The van der Waals surface area contributed by atoms with Crippen LogP contribution in [0.25, 0.3) is 0 Å².